The number of benzene rings is 2. The van der Waals surface area contributed by atoms with Gasteiger partial charge in [0.15, 0.2) is 0 Å². The molecule has 1 aromatic heterocycles. The van der Waals surface area contributed by atoms with Crippen molar-refractivity contribution in [3.63, 3.8) is 0 Å². The van der Waals surface area contributed by atoms with Crippen LogP contribution in [-0.4, -0.2) is 14.9 Å². The fraction of sp³-hybridized carbons (Fsp3) is 0.118. The molecule has 3 heteroatoms. The van der Waals surface area contributed by atoms with E-state index in [1.54, 1.807) is 12.3 Å². The molecule has 0 spiro atoms. The number of hydrogen-bond donors (Lipinski definition) is 1. The van der Waals surface area contributed by atoms with Crippen LogP contribution in [0.4, 0.5) is 0 Å². The van der Waals surface area contributed by atoms with Gasteiger partial charge in [0, 0.05) is 12.4 Å². The van der Waals surface area contributed by atoms with Crippen molar-refractivity contribution in [3.05, 3.63) is 78.1 Å². The number of rotatable bonds is 1. The van der Waals surface area contributed by atoms with Crippen LogP contribution in [0.2, 0.25) is 0 Å². The number of aryl methyl sites for hydroxylation is 2. The van der Waals surface area contributed by atoms with E-state index in [4.69, 9.17) is 5.11 Å². The number of nitrogens with zero attached hydrogens (tertiary/aromatic N) is 2. The smallest absolute Gasteiger partial charge is 0.118 e. The number of phenolic OH excluding ortho intramolecular Hbond substituents is 1. The summed E-state index contributed by atoms with van der Waals surface area (Å²) in [6.07, 6.45) is 3.71. The summed E-state index contributed by atoms with van der Waals surface area (Å²) >= 11 is 0. The lowest BCUT2D eigenvalue weighted by molar-refractivity contribution is 0.471. The zero-order valence-electron chi connectivity index (χ0n) is 11.7. The first-order chi connectivity index (χ1) is 9.66. The van der Waals surface area contributed by atoms with Crippen LogP contribution in [-0.2, 0) is 0 Å². The van der Waals surface area contributed by atoms with Gasteiger partial charge in [-0.05, 0) is 43.7 Å². The summed E-state index contributed by atoms with van der Waals surface area (Å²) in [5.41, 5.74) is 3.30. The van der Waals surface area contributed by atoms with Crippen LogP contribution in [0.15, 0.2) is 67.0 Å². The van der Waals surface area contributed by atoms with E-state index in [1.807, 2.05) is 42.1 Å². The van der Waals surface area contributed by atoms with Crippen LogP contribution in [0.1, 0.15) is 11.1 Å². The first-order valence-electron chi connectivity index (χ1n) is 6.48. The molecule has 1 heterocycles. The molecule has 20 heavy (non-hydrogen) atoms. The van der Waals surface area contributed by atoms with Gasteiger partial charge >= 0.3 is 0 Å². The van der Waals surface area contributed by atoms with Gasteiger partial charge in [0.2, 0.25) is 0 Å². The van der Waals surface area contributed by atoms with Crippen molar-refractivity contribution in [2.24, 2.45) is 0 Å². The summed E-state index contributed by atoms with van der Waals surface area (Å²) in [6.45, 7) is 3.95. The number of para-hydroxylation sites is 1. The lowest BCUT2D eigenvalue weighted by Gasteiger charge is -2.00. The lowest BCUT2D eigenvalue weighted by atomic mass is 10.2. The largest absolute Gasteiger partial charge is 0.508 e. The first kappa shape index (κ1) is 13.9. The highest BCUT2D eigenvalue weighted by Gasteiger charge is 1.93. The molecule has 3 nitrogen and oxygen atoms in total. The fourth-order valence-electron chi connectivity index (χ4n) is 1.68. The van der Waals surface area contributed by atoms with Crippen molar-refractivity contribution < 1.29 is 5.11 Å². The molecule has 0 unspecified atom stereocenters. The van der Waals surface area contributed by atoms with E-state index in [-0.39, 0.29) is 0 Å². The van der Waals surface area contributed by atoms with Gasteiger partial charge in [-0.25, -0.2) is 4.68 Å². The average Bonchev–Trinajstić information content (AvgIpc) is 2.98. The Balaban J connectivity index is 0.000000160. The van der Waals surface area contributed by atoms with E-state index in [0.717, 1.165) is 11.3 Å². The zero-order valence-corrected chi connectivity index (χ0v) is 11.7. The summed E-state index contributed by atoms with van der Waals surface area (Å²) in [6, 6.07) is 17.4. The van der Waals surface area contributed by atoms with Crippen molar-refractivity contribution in [1.29, 1.82) is 0 Å². The molecule has 0 saturated heterocycles. The zero-order chi connectivity index (χ0) is 14.4. The highest BCUT2D eigenvalue weighted by atomic mass is 16.3. The number of aromatic hydroxyl groups is 1. The third kappa shape index (κ3) is 3.72. The van der Waals surface area contributed by atoms with Crippen LogP contribution in [0.3, 0.4) is 0 Å². The molecule has 1 N–H and O–H groups in total. The van der Waals surface area contributed by atoms with Gasteiger partial charge in [-0.15, -0.1) is 0 Å². The maximum atomic E-state index is 8.92. The van der Waals surface area contributed by atoms with E-state index in [1.165, 1.54) is 5.56 Å². The SMILES string of the molecule is Cc1ccc(-n2cccn2)cc1.Cc1ccccc1O. The normalized spacial score (nSPS) is 9.70. The Morgan fingerprint density at radius 2 is 1.60 bits per heavy atom. The average molecular weight is 266 g/mol. The summed E-state index contributed by atoms with van der Waals surface area (Å²) in [7, 11) is 0. The molecule has 0 bridgehead atoms. The standard InChI is InChI=1S/C10H10N2.C7H8O/c1-9-3-5-10(6-4-9)12-8-2-7-11-12;1-6-4-2-3-5-7(6)8/h2-8H,1H3;2-5,8H,1H3. The highest BCUT2D eigenvalue weighted by molar-refractivity contribution is 5.33. The Kier molecular flexibility index (Phi) is 4.56. The Bertz CT molecular complexity index is 622. The van der Waals surface area contributed by atoms with Crippen molar-refractivity contribution in [2.75, 3.05) is 0 Å². The first-order valence-corrected chi connectivity index (χ1v) is 6.48. The minimum absolute atomic E-state index is 0.368. The maximum Gasteiger partial charge on any atom is 0.118 e. The molecular weight excluding hydrogens is 248 g/mol. The molecule has 0 amide bonds. The summed E-state index contributed by atoms with van der Waals surface area (Å²) in [5, 5.41) is 13.1. The van der Waals surface area contributed by atoms with E-state index >= 15 is 0 Å². The molecule has 0 aliphatic heterocycles. The molecule has 0 fully saturated rings. The second-order valence-electron chi connectivity index (χ2n) is 4.57. The minimum Gasteiger partial charge on any atom is -0.508 e. The lowest BCUT2D eigenvalue weighted by Crippen LogP contribution is -1.92. The van der Waals surface area contributed by atoms with Crippen LogP contribution in [0.5, 0.6) is 5.75 Å². The molecule has 0 aliphatic carbocycles. The monoisotopic (exact) mass is 266 g/mol. The molecule has 2 aromatic carbocycles. The highest BCUT2D eigenvalue weighted by Crippen LogP contribution is 2.12. The topological polar surface area (TPSA) is 38.0 Å². The van der Waals surface area contributed by atoms with Crippen LogP contribution < -0.4 is 0 Å². The molecule has 3 rings (SSSR count). The van der Waals surface area contributed by atoms with Gasteiger partial charge in [0.25, 0.3) is 0 Å². The van der Waals surface area contributed by atoms with Crippen molar-refractivity contribution in [1.82, 2.24) is 9.78 Å². The maximum absolute atomic E-state index is 8.92. The van der Waals surface area contributed by atoms with Crippen molar-refractivity contribution >= 4 is 0 Å². The van der Waals surface area contributed by atoms with Gasteiger partial charge in [0.05, 0.1) is 5.69 Å². The number of hydrogen-bond acceptors (Lipinski definition) is 2. The van der Waals surface area contributed by atoms with Gasteiger partial charge in [-0.2, -0.15) is 5.10 Å². The van der Waals surface area contributed by atoms with Crippen molar-refractivity contribution in [3.8, 4) is 11.4 Å². The quantitative estimate of drug-likeness (QED) is 0.725. The molecule has 0 aliphatic rings. The molecule has 0 atom stereocenters. The molecule has 102 valence electrons. The van der Waals surface area contributed by atoms with Crippen LogP contribution in [0.25, 0.3) is 5.69 Å². The Morgan fingerprint density at radius 1 is 0.900 bits per heavy atom. The summed E-state index contributed by atoms with van der Waals surface area (Å²) < 4.78 is 1.85. The number of phenols is 1. The Morgan fingerprint density at radius 3 is 2.10 bits per heavy atom. The van der Waals surface area contributed by atoms with Crippen LogP contribution in [0, 0.1) is 13.8 Å². The molecule has 3 aromatic rings. The predicted octanol–water partition coefficient (Wildman–Crippen LogP) is 3.88. The minimum atomic E-state index is 0.368. The fourth-order valence-corrected chi connectivity index (χ4v) is 1.68. The van der Waals surface area contributed by atoms with Crippen LogP contribution >= 0.6 is 0 Å². The molecular formula is C17H18N2O. The van der Waals surface area contributed by atoms with E-state index in [9.17, 15) is 0 Å². The van der Waals surface area contributed by atoms with E-state index < -0.39 is 0 Å². The third-order valence-electron chi connectivity index (χ3n) is 2.92. The Hall–Kier alpha value is -2.55. The summed E-state index contributed by atoms with van der Waals surface area (Å²) in [4.78, 5) is 0. The summed E-state index contributed by atoms with van der Waals surface area (Å²) in [5.74, 6) is 0.368. The predicted molar refractivity (Wildman–Crippen MR) is 81.1 cm³/mol. The third-order valence-corrected chi connectivity index (χ3v) is 2.92. The van der Waals surface area contributed by atoms with Gasteiger partial charge < -0.3 is 5.11 Å². The Labute approximate surface area is 119 Å². The van der Waals surface area contributed by atoms with Gasteiger partial charge in [0.1, 0.15) is 5.75 Å². The second kappa shape index (κ2) is 6.57. The molecule has 0 saturated carbocycles. The second-order valence-corrected chi connectivity index (χ2v) is 4.57. The molecule has 0 radical (unpaired) electrons. The van der Waals surface area contributed by atoms with E-state index in [2.05, 4.69) is 36.3 Å². The van der Waals surface area contributed by atoms with Crippen molar-refractivity contribution in [2.45, 2.75) is 13.8 Å². The van der Waals surface area contributed by atoms with Gasteiger partial charge in [-0.1, -0.05) is 35.9 Å². The number of aromatic nitrogens is 2. The van der Waals surface area contributed by atoms with E-state index in [0.29, 0.717) is 5.75 Å². The van der Waals surface area contributed by atoms with Gasteiger partial charge in [-0.3, -0.25) is 0 Å².